The molecule has 0 radical (unpaired) electrons. The SMILES string of the molecule is COc1ccc([C@@H](O)[C@H](C)CC/C=C/C(=O)NO)cc1O. The molecule has 1 rings (SSSR count). The molecule has 116 valence electrons. The monoisotopic (exact) mass is 295 g/mol. The number of methoxy groups -OCH3 is 1. The topological polar surface area (TPSA) is 99.0 Å². The van der Waals surface area contributed by atoms with Gasteiger partial charge in [-0.15, -0.1) is 0 Å². The number of aliphatic hydroxyl groups is 1. The average molecular weight is 295 g/mol. The summed E-state index contributed by atoms with van der Waals surface area (Å²) in [7, 11) is 1.46. The molecule has 0 spiro atoms. The molecule has 4 N–H and O–H groups in total. The highest BCUT2D eigenvalue weighted by Gasteiger charge is 2.17. The van der Waals surface area contributed by atoms with Crippen molar-refractivity contribution in [2.24, 2.45) is 5.92 Å². The standard InChI is InChI=1S/C15H21NO5/c1-10(5-3-4-6-14(18)16-20)15(19)11-7-8-13(21-2)12(17)9-11/h4,6-10,15,17,19-20H,3,5H2,1-2H3,(H,16,18)/b6-4+/t10-,15+/m1/s1. The van der Waals surface area contributed by atoms with Crippen molar-refractivity contribution in [1.29, 1.82) is 0 Å². The number of nitrogens with one attached hydrogen (secondary N) is 1. The van der Waals surface area contributed by atoms with Crippen molar-refractivity contribution in [1.82, 2.24) is 5.48 Å². The summed E-state index contributed by atoms with van der Waals surface area (Å²) in [5, 5.41) is 28.3. The predicted octanol–water partition coefficient (Wildman–Crippen LogP) is 1.91. The number of hydroxylamine groups is 1. The van der Waals surface area contributed by atoms with Gasteiger partial charge in [-0.05, 0) is 36.5 Å². The molecule has 0 bridgehead atoms. The third-order valence-corrected chi connectivity index (χ3v) is 3.25. The van der Waals surface area contributed by atoms with Crippen LogP contribution in [0.15, 0.2) is 30.4 Å². The second-order valence-corrected chi connectivity index (χ2v) is 4.81. The minimum Gasteiger partial charge on any atom is -0.504 e. The Morgan fingerprint density at radius 3 is 2.76 bits per heavy atom. The molecule has 0 aromatic heterocycles. The van der Waals surface area contributed by atoms with E-state index in [1.54, 1.807) is 18.2 Å². The van der Waals surface area contributed by atoms with E-state index >= 15 is 0 Å². The molecule has 21 heavy (non-hydrogen) atoms. The van der Waals surface area contributed by atoms with Crippen molar-refractivity contribution in [3.63, 3.8) is 0 Å². The molecule has 1 aromatic rings. The van der Waals surface area contributed by atoms with Crippen LogP contribution in [0.2, 0.25) is 0 Å². The number of ether oxygens (including phenoxy) is 1. The van der Waals surface area contributed by atoms with Gasteiger partial charge in [-0.3, -0.25) is 10.0 Å². The molecule has 6 nitrogen and oxygen atoms in total. The van der Waals surface area contributed by atoms with Crippen molar-refractivity contribution in [3.05, 3.63) is 35.9 Å². The normalized spacial score (nSPS) is 13.9. The van der Waals surface area contributed by atoms with Gasteiger partial charge in [-0.25, -0.2) is 5.48 Å². The largest absolute Gasteiger partial charge is 0.504 e. The second kappa shape index (κ2) is 8.28. The smallest absolute Gasteiger partial charge is 0.267 e. The van der Waals surface area contributed by atoms with Crippen LogP contribution in [0, 0.1) is 5.92 Å². The highest BCUT2D eigenvalue weighted by atomic mass is 16.5. The lowest BCUT2D eigenvalue weighted by atomic mass is 9.93. The lowest BCUT2D eigenvalue weighted by Gasteiger charge is -2.19. The number of aromatic hydroxyl groups is 1. The van der Waals surface area contributed by atoms with E-state index in [-0.39, 0.29) is 11.7 Å². The summed E-state index contributed by atoms with van der Waals surface area (Å²) in [6.45, 7) is 1.88. The fourth-order valence-electron chi connectivity index (χ4n) is 1.96. The molecule has 0 saturated carbocycles. The number of hydrogen-bond donors (Lipinski definition) is 4. The Hall–Kier alpha value is -2.05. The zero-order chi connectivity index (χ0) is 15.8. The Labute approximate surface area is 123 Å². The summed E-state index contributed by atoms with van der Waals surface area (Å²) in [4.78, 5) is 10.8. The Morgan fingerprint density at radius 2 is 2.19 bits per heavy atom. The first kappa shape index (κ1) is 17.0. The Kier molecular flexibility index (Phi) is 6.71. The summed E-state index contributed by atoms with van der Waals surface area (Å²) >= 11 is 0. The minimum atomic E-state index is -0.720. The quantitative estimate of drug-likeness (QED) is 0.350. The molecule has 0 aliphatic carbocycles. The van der Waals surface area contributed by atoms with E-state index in [4.69, 9.17) is 9.94 Å². The molecule has 2 atom stereocenters. The van der Waals surface area contributed by atoms with E-state index in [2.05, 4.69) is 0 Å². The number of benzene rings is 1. The maximum absolute atomic E-state index is 10.8. The predicted molar refractivity (Wildman–Crippen MR) is 77.1 cm³/mol. The number of phenols is 1. The summed E-state index contributed by atoms with van der Waals surface area (Å²) in [6, 6.07) is 4.79. The van der Waals surface area contributed by atoms with Gasteiger partial charge in [0, 0.05) is 6.08 Å². The maximum Gasteiger partial charge on any atom is 0.267 e. The molecule has 0 heterocycles. The van der Waals surface area contributed by atoms with Gasteiger partial charge in [-0.2, -0.15) is 0 Å². The molecule has 0 unspecified atom stereocenters. The number of hydrogen-bond acceptors (Lipinski definition) is 5. The fraction of sp³-hybridized carbons (Fsp3) is 0.400. The van der Waals surface area contributed by atoms with Crippen LogP contribution in [0.1, 0.15) is 31.4 Å². The van der Waals surface area contributed by atoms with E-state index in [0.29, 0.717) is 24.2 Å². The number of phenolic OH excluding ortho intramolecular Hbond substituents is 1. The fourth-order valence-corrected chi connectivity index (χ4v) is 1.96. The van der Waals surface area contributed by atoms with Crippen molar-refractivity contribution in [3.8, 4) is 11.5 Å². The summed E-state index contributed by atoms with van der Waals surface area (Å²) in [5.41, 5.74) is 2.11. The number of carbonyl (C=O) groups is 1. The molecular weight excluding hydrogens is 274 g/mol. The van der Waals surface area contributed by atoms with Crippen LogP contribution in [0.4, 0.5) is 0 Å². The van der Waals surface area contributed by atoms with Gasteiger partial charge < -0.3 is 14.9 Å². The van der Waals surface area contributed by atoms with Crippen LogP contribution in [-0.2, 0) is 4.79 Å². The van der Waals surface area contributed by atoms with Crippen molar-refractivity contribution < 1.29 is 25.0 Å². The van der Waals surface area contributed by atoms with Crippen molar-refractivity contribution >= 4 is 5.91 Å². The van der Waals surface area contributed by atoms with E-state index in [1.807, 2.05) is 6.92 Å². The van der Waals surface area contributed by atoms with Gasteiger partial charge >= 0.3 is 0 Å². The van der Waals surface area contributed by atoms with Gasteiger partial charge in [0.25, 0.3) is 5.91 Å². The van der Waals surface area contributed by atoms with Crippen LogP contribution in [0.25, 0.3) is 0 Å². The zero-order valence-electron chi connectivity index (χ0n) is 12.1. The van der Waals surface area contributed by atoms with Crippen molar-refractivity contribution in [2.45, 2.75) is 25.9 Å². The first-order valence-electron chi connectivity index (χ1n) is 6.65. The lowest BCUT2D eigenvalue weighted by molar-refractivity contribution is -0.124. The molecule has 0 saturated heterocycles. The second-order valence-electron chi connectivity index (χ2n) is 4.81. The highest BCUT2D eigenvalue weighted by Crippen LogP contribution is 2.32. The molecule has 1 amide bonds. The van der Waals surface area contributed by atoms with Gasteiger partial charge in [0.1, 0.15) is 0 Å². The first-order valence-corrected chi connectivity index (χ1v) is 6.65. The zero-order valence-corrected chi connectivity index (χ0v) is 12.1. The van der Waals surface area contributed by atoms with E-state index < -0.39 is 12.0 Å². The van der Waals surface area contributed by atoms with Gasteiger partial charge in [0.15, 0.2) is 11.5 Å². The van der Waals surface area contributed by atoms with E-state index in [1.165, 1.54) is 24.7 Å². The molecule has 0 aliphatic rings. The third kappa shape index (κ3) is 5.09. The number of aliphatic hydroxyl groups excluding tert-OH is 1. The number of carbonyl (C=O) groups excluding carboxylic acids is 1. The summed E-state index contributed by atoms with van der Waals surface area (Å²) in [5.74, 6) is -0.291. The molecule has 0 fully saturated rings. The van der Waals surface area contributed by atoms with Gasteiger partial charge in [0.2, 0.25) is 0 Å². The third-order valence-electron chi connectivity index (χ3n) is 3.25. The Bertz CT molecular complexity index is 501. The van der Waals surface area contributed by atoms with Crippen LogP contribution in [0.3, 0.4) is 0 Å². The highest BCUT2D eigenvalue weighted by molar-refractivity contribution is 5.86. The van der Waals surface area contributed by atoms with Gasteiger partial charge in [-0.1, -0.05) is 19.1 Å². The van der Waals surface area contributed by atoms with Crippen molar-refractivity contribution in [2.75, 3.05) is 7.11 Å². The van der Waals surface area contributed by atoms with Crippen LogP contribution in [0.5, 0.6) is 11.5 Å². The van der Waals surface area contributed by atoms with Crippen LogP contribution in [-0.4, -0.2) is 28.4 Å². The minimum absolute atomic E-state index is 0.0132. The molecular formula is C15H21NO5. The Morgan fingerprint density at radius 1 is 1.48 bits per heavy atom. The molecule has 0 aliphatic heterocycles. The molecule has 6 heteroatoms. The lowest BCUT2D eigenvalue weighted by Crippen LogP contribution is -2.15. The van der Waals surface area contributed by atoms with E-state index in [0.717, 1.165) is 0 Å². The van der Waals surface area contributed by atoms with Crippen LogP contribution >= 0.6 is 0 Å². The van der Waals surface area contributed by atoms with Crippen LogP contribution < -0.4 is 10.2 Å². The van der Waals surface area contributed by atoms with E-state index in [9.17, 15) is 15.0 Å². The van der Waals surface area contributed by atoms with Gasteiger partial charge in [0.05, 0.1) is 13.2 Å². The molecule has 1 aromatic carbocycles. The average Bonchev–Trinajstić information content (AvgIpc) is 2.50. The Balaban J connectivity index is 2.57. The number of rotatable bonds is 7. The first-order chi connectivity index (χ1) is 9.99. The summed E-state index contributed by atoms with van der Waals surface area (Å²) < 4.78 is 4.95. The maximum atomic E-state index is 10.8. The summed E-state index contributed by atoms with van der Waals surface area (Å²) in [6.07, 6.45) is 3.39. The number of amides is 1. The number of allylic oxidation sites excluding steroid dienone is 1.